The Bertz CT molecular complexity index is 887. The minimum absolute atomic E-state index is 0.198. The molecule has 0 unspecified atom stereocenters. The maximum absolute atomic E-state index is 12.5. The number of nitrogens with zero attached hydrogens (tertiary/aromatic N) is 3. The van der Waals surface area contributed by atoms with Crippen molar-refractivity contribution < 1.29 is 9.53 Å². The lowest BCUT2D eigenvalue weighted by atomic mass is 9.88. The third kappa shape index (κ3) is 5.02. The van der Waals surface area contributed by atoms with Gasteiger partial charge in [0.2, 0.25) is 0 Å². The fourth-order valence-electron chi connectivity index (χ4n) is 3.72. The minimum Gasteiger partial charge on any atom is -0.378 e. The minimum atomic E-state index is -0.198. The number of carbonyl (C=O) groups excluding carboxylic acids is 1. The molecule has 154 valence electrons. The molecule has 1 fully saturated rings. The number of nitrogens with one attached hydrogen (secondary N) is 1. The van der Waals surface area contributed by atoms with Crippen molar-refractivity contribution in [2.24, 2.45) is 0 Å². The molecule has 1 aromatic heterocycles. The van der Waals surface area contributed by atoms with Crippen LogP contribution in [0.2, 0.25) is 0 Å². The molecule has 6 heteroatoms. The molecule has 30 heavy (non-hydrogen) atoms. The predicted octanol–water partition coefficient (Wildman–Crippen LogP) is 3.27. The van der Waals surface area contributed by atoms with Gasteiger partial charge in [-0.2, -0.15) is 0 Å². The first-order chi connectivity index (χ1) is 14.8. The van der Waals surface area contributed by atoms with Crippen LogP contribution in [0.4, 0.5) is 5.82 Å². The molecule has 2 aromatic carbocycles. The van der Waals surface area contributed by atoms with Crippen LogP contribution < -0.4 is 10.2 Å². The van der Waals surface area contributed by atoms with Gasteiger partial charge in [-0.1, -0.05) is 60.7 Å². The van der Waals surface area contributed by atoms with E-state index in [-0.39, 0.29) is 11.8 Å². The maximum Gasteiger partial charge on any atom is 0.271 e. The Hall–Kier alpha value is -3.25. The van der Waals surface area contributed by atoms with Crippen LogP contribution in [0.15, 0.2) is 72.8 Å². The Kier molecular flexibility index (Phi) is 6.67. The normalized spacial score (nSPS) is 14.0. The second kappa shape index (κ2) is 9.98. The molecule has 0 bridgehead atoms. The standard InChI is InChI=1S/C24H26N4O2/c29-24(22-11-12-23(27-26-22)28-15-17-30-18-16-28)25-14-13-21(19-7-3-1-4-8-19)20-9-5-2-6-10-20/h1-12,21H,13-18H2,(H,25,29). The van der Waals surface area contributed by atoms with Gasteiger partial charge in [0.05, 0.1) is 13.2 Å². The van der Waals surface area contributed by atoms with Crippen molar-refractivity contribution in [1.29, 1.82) is 0 Å². The fourth-order valence-corrected chi connectivity index (χ4v) is 3.72. The number of benzene rings is 2. The second-order valence-electron chi connectivity index (χ2n) is 7.29. The van der Waals surface area contributed by atoms with Crippen molar-refractivity contribution in [3.63, 3.8) is 0 Å². The molecule has 2 heterocycles. The van der Waals surface area contributed by atoms with Crippen LogP contribution in [0, 0.1) is 0 Å². The van der Waals surface area contributed by atoms with E-state index in [2.05, 4.69) is 68.9 Å². The van der Waals surface area contributed by atoms with Crippen LogP contribution in [0.25, 0.3) is 0 Å². The molecule has 3 aromatic rings. The summed E-state index contributed by atoms with van der Waals surface area (Å²) in [5, 5.41) is 11.3. The third-order valence-corrected chi connectivity index (χ3v) is 5.34. The summed E-state index contributed by atoms with van der Waals surface area (Å²) in [4.78, 5) is 14.7. The van der Waals surface area contributed by atoms with Gasteiger partial charge in [0.15, 0.2) is 11.5 Å². The van der Waals surface area contributed by atoms with E-state index in [0.29, 0.717) is 25.5 Å². The van der Waals surface area contributed by atoms with E-state index in [4.69, 9.17) is 4.74 Å². The summed E-state index contributed by atoms with van der Waals surface area (Å²) < 4.78 is 5.36. The molecule has 1 aliphatic rings. The number of hydrogen-bond acceptors (Lipinski definition) is 5. The van der Waals surface area contributed by atoms with Gasteiger partial charge in [-0.3, -0.25) is 4.79 Å². The number of carbonyl (C=O) groups is 1. The zero-order valence-electron chi connectivity index (χ0n) is 16.9. The lowest BCUT2D eigenvalue weighted by Crippen LogP contribution is -2.37. The van der Waals surface area contributed by atoms with E-state index in [9.17, 15) is 4.79 Å². The first-order valence-electron chi connectivity index (χ1n) is 10.4. The third-order valence-electron chi connectivity index (χ3n) is 5.34. The quantitative estimate of drug-likeness (QED) is 0.657. The summed E-state index contributed by atoms with van der Waals surface area (Å²) in [7, 11) is 0. The fraction of sp³-hybridized carbons (Fsp3) is 0.292. The van der Waals surface area contributed by atoms with Gasteiger partial charge in [-0.15, -0.1) is 10.2 Å². The van der Waals surface area contributed by atoms with Crippen LogP contribution in [-0.4, -0.2) is 49.0 Å². The monoisotopic (exact) mass is 402 g/mol. The van der Waals surface area contributed by atoms with Crippen molar-refractivity contribution in [3.8, 4) is 0 Å². The molecular weight excluding hydrogens is 376 g/mol. The van der Waals surface area contributed by atoms with Gasteiger partial charge >= 0.3 is 0 Å². The van der Waals surface area contributed by atoms with Crippen molar-refractivity contribution in [2.75, 3.05) is 37.7 Å². The highest BCUT2D eigenvalue weighted by Gasteiger charge is 2.16. The van der Waals surface area contributed by atoms with E-state index >= 15 is 0 Å². The molecule has 0 spiro atoms. The molecule has 6 nitrogen and oxygen atoms in total. The van der Waals surface area contributed by atoms with Crippen molar-refractivity contribution in [2.45, 2.75) is 12.3 Å². The summed E-state index contributed by atoms with van der Waals surface area (Å²) in [6, 6.07) is 24.4. The molecule has 0 radical (unpaired) electrons. The molecule has 0 saturated carbocycles. The van der Waals surface area contributed by atoms with E-state index in [0.717, 1.165) is 25.3 Å². The van der Waals surface area contributed by atoms with E-state index in [1.54, 1.807) is 6.07 Å². The predicted molar refractivity (Wildman–Crippen MR) is 117 cm³/mol. The van der Waals surface area contributed by atoms with Crippen LogP contribution in [0.3, 0.4) is 0 Å². The van der Waals surface area contributed by atoms with Crippen molar-refractivity contribution in [1.82, 2.24) is 15.5 Å². The van der Waals surface area contributed by atoms with Crippen LogP contribution in [0.1, 0.15) is 34.0 Å². The van der Waals surface area contributed by atoms with E-state index in [1.165, 1.54) is 11.1 Å². The van der Waals surface area contributed by atoms with Gasteiger partial charge in [0.1, 0.15) is 0 Å². The molecule has 0 atom stereocenters. The van der Waals surface area contributed by atoms with E-state index in [1.807, 2.05) is 18.2 Å². The lowest BCUT2D eigenvalue weighted by molar-refractivity contribution is 0.0946. The van der Waals surface area contributed by atoms with Crippen LogP contribution in [0.5, 0.6) is 0 Å². The van der Waals surface area contributed by atoms with Gasteiger partial charge in [0, 0.05) is 25.6 Å². The smallest absolute Gasteiger partial charge is 0.271 e. The van der Waals surface area contributed by atoms with Crippen LogP contribution in [-0.2, 0) is 4.74 Å². The zero-order valence-corrected chi connectivity index (χ0v) is 16.9. The Morgan fingerprint density at radius 3 is 2.10 bits per heavy atom. The first kappa shape index (κ1) is 20.0. The zero-order chi connectivity index (χ0) is 20.6. The second-order valence-corrected chi connectivity index (χ2v) is 7.29. The first-order valence-corrected chi connectivity index (χ1v) is 10.4. The number of rotatable bonds is 7. The summed E-state index contributed by atoms with van der Waals surface area (Å²) in [5.74, 6) is 0.807. The lowest BCUT2D eigenvalue weighted by Gasteiger charge is -2.27. The molecule has 1 saturated heterocycles. The molecule has 4 rings (SSSR count). The Balaban J connectivity index is 1.36. The largest absolute Gasteiger partial charge is 0.378 e. The number of amides is 1. The number of anilines is 1. The Morgan fingerprint density at radius 2 is 1.53 bits per heavy atom. The molecule has 1 amide bonds. The summed E-state index contributed by atoms with van der Waals surface area (Å²) in [6.07, 6.45) is 0.805. The maximum atomic E-state index is 12.5. The number of hydrogen-bond donors (Lipinski definition) is 1. The topological polar surface area (TPSA) is 67.4 Å². The van der Waals surface area contributed by atoms with Gasteiger partial charge in [0.25, 0.3) is 5.91 Å². The highest BCUT2D eigenvalue weighted by molar-refractivity contribution is 5.92. The average molecular weight is 402 g/mol. The van der Waals surface area contributed by atoms with E-state index < -0.39 is 0 Å². The van der Waals surface area contributed by atoms with Crippen molar-refractivity contribution in [3.05, 3.63) is 89.6 Å². The number of aromatic nitrogens is 2. The highest BCUT2D eigenvalue weighted by Crippen LogP contribution is 2.27. The average Bonchev–Trinajstić information content (AvgIpc) is 2.83. The molecule has 1 aliphatic heterocycles. The summed E-state index contributed by atoms with van der Waals surface area (Å²) >= 11 is 0. The Labute approximate surface area is 176 Å². The number of morpholine rings is 1. The SMILES string of the molecule is O=C(NCCC(c1ccccc1)c1ccccc1)c1ccc(N2CCOCC2)nn1. The van der Waals surface area contributed by atoms with Gasteiger partial charge in [-0.25, -0.2) is 0 Å². The Morgan fingerprint density at radius 1 is 0.900 bits per heavy atom. The molecule has 1 N–H and O–H groups in total. The number of ether oxygens (including phenoxy) is 1. The van der Waals surface area contributed by atoms with Crippen molar-refractivity contribution >= 4 is 11.7 Å². The summed E-state index contributed by atoms with van der Waals surface area (Å²) in [5.41, 5.74) is 2.82. The van der Waals surface area contributed by atoms with Crippen LogP contribution >= 0.6 is 0 Å². The van der Waals surface area contributed by atoms with Gasteiger partial charge < -0.3 is 15.0 Å². The summed E-state index contributed by atoms with van der Waals surface area (Å²) in [6.45, 7) is 3.52. The molecule has 0 aliphatic carbocycles. The van der Waals surface area contributed by atoms with Gasteiger partial charge in [-0.05, 0) is 29.7 Å². The molecular formula is C24H26N4O2. The highest BCUT2D eigenvalue weighted by atomic mass is 16.5.